The van der Waals surface area contributed by atoms with Crippen molar-refractivity contribution in [3.05, 3.63) is 29.8 Å². The molecule has 0 bridgehead atoms. The number of aryl methyl sites for hydroxylation is 2. The van der Waals surface area contributed by atoms with Gasteiger partial charge in [-0.3, -0.25) is 0 Å². The molecule has 3 nitrogen and oxygen atoms in total. The number of fused-ring (bicyclic) bond motifs is 1. The van der Waals surface area contributed by atoms with Gasteiger partial charge in [0, 0.05) is 6.20 Å². The molecule has 0 unspecified atom stereocenters. The SMILES string of the molecule is Cc1nc(C)n2cccc(N)c12. The van der Waals surface area contributed by atoms with E-state index in [1.165, 1.54) is 0 Å². The second-order valence-electron chi connectivity index (χ2n) is 2.93. The molecule has 2 aromatic heterocycles. The maximum absolute atomic E-state index is 5.81. The summed E-state index contributed by atoms with van der Waals surface area (Å²) in [5, 5.41) is 0. The third-order valence-corrected chi connectivity index (χ3v) is 2.05. The Bertz CT molecular complexity index is 429. The Hall–Kier alpha value is -1.51. The second-order valence-corrected chi connectivity index (χ2v) is 2.93. The van der Waals surface area contributed by atoms with Crippen molar-refractivity contribution in [1.82, 2.24) is 9.38 Å². The number of nitrogen functional groups attached to an aromatic ring is 1. The topological polar surface area (TPSA) is 43.3 Å². The molecule has 0 radical (unpaired) electrons. The monoisotopic (exact) mass is 161 g/mol. The Balaban J connectivity index is 2.99. The number of nitrogens with two attached hydrogens (primary N) is 1. The van der Waals surface area contributed by atoms with Crippen LogP contribution in [-0.2, 0) is 0 Å². The minimum absolute atomic E-state index is 0.788. The molecule has 62 valence electrons. The van der Waals surface area contributed by atoms with E-state index < -0.39 is 0 Å². The molecule has 0 aliphatic rings. The molecule has 0 aliphatic carbocycles. The van der Waals surface area contributed by atoms with Crippen LogP contribution in [0.15, 0.2) is 18.3 Å². The molecule has 0 atom stereocenters. The summed E-state index contributed by atoms with van der Waals surface area (Å²) >= 11 is 0. The van der Waals surface area contributed by atoms with Gasteiger partial charge in [-0.1, -0.05) is 0 Å². The van der Waals surface area contributed by atoms with Crippen LogP contribution in [0.1, 0.15) is 11.5 Å². The van der Waals surface area contributed by atoms with Crippen molar-refractivity contribution in [3.63, 3.8) is 0 Å². The Morgan fingerprint density at radius 1 is 1.42 bits per heavy atom. The lowest BCUT2D eigenvalue weighted by Gasteiger charge is -1.98. The number of aromatic nitrogens is 2. The van der Waals surface area contributed by atoms with Gasteiger partial charge in [0.25, 0.3) is 0 Å². The molecular weight excluding hydrogens is 150 g/mol. The van der Waals surface area contributed by atoms with E-state index in [4.69, 9.17) is 5.73 Å². The molecule has 12 heavy (non-hydrogen) atoms. The average Bonchev–Trinajstić information content (AvgIpc) is 2.29. The lowest BCUT2D eigenvalue weighted by molar-refractivity contribution is 1.04. The van der Waals surface area contributed by atoms with Crippen LogP contribution in [0.5, 0.6) is 0 Å². The van der Waals surface area contributed by atoms with Gasteiger partial charge in [0.15, 0.2) is 0 Å². The van der Waals surface area contributed by atoms with Crippen molar-refractivity contribution >= 4 is 11.2 Å². The molecule has 0 saturated heterocycles. The quantitative estimate of drug-likeness (QED) is 0.636. The maximum Gasteiger partial charge on any atom is 0.110 e. The lowest BCUT2D eigenvalue weighted by Crippen LogP contribution is -1.92. The highest BCUT2D eigenvalue weighted by molar-refractivity contribution is 5.72. The summed E-state index contributed by atoms with van der Waals surface area (Å²) < 4.78 is 2.00. The molecular formula is C9H11N3. The molecule has 0 fully saturated rings. The van der Waals surface area contributed by atoms with Gasteiger partial charge in [-0.2, -0.15) is 0 Å². The van der Waals surface area contributed by atoms with Gasteiger partial charge >= 0.3 is 0 Å². The van der Waals surface area contributed by atoms with Crippen molar-refractivity contribution in [2.45, 2.75) is 13.8 Å². The van der Waals surface area contributed by atoms with Gasteiger partial charge in [-0.25, -0.2) is 4.98 Å². The molecule has 2 aromatic rings. The first-order valence-corrected chi connectivity index (χ1v) is 3.90. The van der Waals surface area contributed by atoms with Crippen LogP contribution in [0.2, 0.25) is 0 Å². The fourth-order valence-electron chi connectivity index (χ4n) is 1.53. The molecule has 0 spiro atoms. The minimum Gasteiger partial charge on any atom is -0.397 e. The van der Waals surface area contributed by atoms with E-state index in [1.54, 1.807) is 0 Å². The third kappa shape index (κ3) is 0.794. The van der Waals surface area contributed by atoms with Crippen molar-refractivity contribution < 1.29 is 0 Å². The largest absolute Gasteiger partial charge is 0.397 e. The van der Waals surface area contributed by atoms with Gasteiger partial charge in [-0.15, -0.1) is 0 Å². The first-order valence-electron chi connectivity index (χ1n) is 3.90. The predicted octanol–water partition coefficient (Wildman–Crippen LogP) is 1.53. The van der Waals surface area contributed by atoms with E-state index >= 15 is 0 Å². The van der Waals surface area contributed by atoms with Gasteiger partial charge in [0.1, 0.15) is 5.82 Å². The summed E-state index contributed by atoms with van der Waals surface area (Å²) in [4.78, 5) is 4.33. The number of rotatable bonds is 0. The molecule has 0 aromatic carbocycles. The normalized spacial score (nSPS) is 10.8. The first-order chi connectivity index (χ1) is 5.70. The standard InChI is InChI=1S/C9H11N3/c1-6-9-8(10)4-3-5-12(9)7(2)11-6/h3-5H,10H2,1-2H3. The summed E-state index contributed by atoms with van der Waals surface area (Å²) in [5.41, 5.74) is 8.61. The van der Waals surface area contributed by atoms with Gasteiger partial charge in [0.2, 0.25) is 0 Å². The number of pyridine rings is 1. The molecule has 0 aliphatic heterocycles. The summed E-state index contributed by atoms with van der Waals surface area (Å²) in [6, 6.07) is 3.82. The zero-order valence-electron chi connectivity index (χ0n) is 7.20. The Morgan fingerprint density at radius 3 is 2.83 bits per heavy atom. The minimum atomic E-state index is 0.788. The third-order valence-electron chi connectivity index (χ3n) is 2.05. The number of hydrogen-bond acceptors (Lipinski definition) is 2. The number of anilines is 1. The molecule has 2 heterocycles. The zero-order chi connectivity index (χ0) is 8.72. The van der Waals surface area contributed by atoms with E-state index in [0.29, 0.717) is 0 Å². The first kappa shape index (κ1) is 7.16. The molecule has 0 saturated carbocycles. The van der Waals surface area contributed by atoms with Crippen LogP contribution in [0, 0.1) is 13.8 Å². The van der Waals surface area contributed by atoms with Crippen molar-refractivity contribution in [1.29, 1.82) is 0 Å². The molecule has 3 heteroatoms. The number of nitrogens with zero attached hydrogens (tertiary/aromatic N) is 2. The highest BCUT2D eigenvalue weighted by Crippen LogP contribution is 2.18. The Labute approximate surface area is 70.8 Å². The van der Waals surface area contributed by atoms with Crippen LogP contribution < -0.4 is 5.73 Å². The van der Waals surface area contributed by atoms with Crippen molar-refractivity contribution in [2.24, 2.45) is 0 Å². The lowest BCUT2D eigenvalue weighted by atomic mass is 10.3. The average molecular weight is 161 g/mol. The summed E-state index contributed by atoms with van der Waals surface area (Å²) in [6.07, 6.45) is 1.97. The predicted molar refractivity (Wildman–Crippen MR) is 49.1 cm³/mol. The summed E-state index contributed by atoms with van der Waals surface area (Å²) in [5.74, 6) is 0.981. The van der Waals surface area contributed by atoms with Gasteiger partial charge in [-0.05, 0) is 26.0 Å². The van der Waals surface area contributed by atoms with Crippen LogP contribution in [0.4, 0.5) is 5.69 Å². The van der Waals surface area contributed by atoms with Crippen LogP contribution in [0.25, 0.3) is 5.52 Å². The highest BCUT2D eigenvalue weighted by Gasteiger charge is 2.05. The molecule has 2 N–H and O–H groups in total. The van der Waals surface area contributed by atoms with Crippen molar-refractivity contribution in [3.8, 4) is 0 Å². The summed E-state index contributed by atoms with van der Waals surface area (Å²) in [7, 11) is 0. The van der Waals surface area contributed by atoms with Crippen LogP contribution in [-0.4, -0.2) is 9.38 Å². The fourth-order valence-corrected chi connectivity index (χ4v) is 1.53. The van der Waals surface area contributed by atoms with Gasteiger partial charge < -0.3 is 10.1 Å². The van der Waals surface area contributed by atoms with Crippen LogP contribution >= 0.6 is 0 Å². The van der Waals surface area contributed by atoms with E-state index in [0.717, 1.165) is 22.7 Å². The zero-order valence-corrected chi connectivity index (χ0v) is 7.20. The highest BCUT2D eigenvalue weighted by atomic mass is 15.0. The van der Waals surface area contributed by atoms with E-state index in [-0.39, 0.29) is 0 Å². The van der Waals surface area contributed by atoms with E-state index in [9.17, 15) is 0 Å². The maximum atomic E-state index is 5.81. The number of imidazole rings is 1. The molecule has 0 amide bonds. The van der Waals surface area contributed by atoms with Crippen LogP contribution in [0.3, 0.4) is 0 Å². The van der Waals surface area contributed by atoms with Crippen molar-refractivity contribution in [2.75, 3.05) is 5.73 Å². The molecule has 2 rings (SSSR count). The smallest absolute Gasteiger partial charge is 0.110 e. The van der Waals surface area contributed by atoms with Gasteiger partial charge in [0.05, 0.1) is 16.9 Å². The Morgan fingerprint density at radius 2 is 2.17 bits per heavy atom. The number of hydrogen-bond donors (Lipinski definition) is 1. The Kier molecular flexibility index (Phi) is 1.33. The second kappa shape index (κ2) is 2.24. The fraction of sp³-hybridized carbons (Fsp3) is 0.222. The van der Waals surface area contributed by atoms with E-state index in [1.807, 2.05) is 36.6 Å². The summed E-state index contributed by atoms with van der Waals surface area (Å²) in [6.45, 7) is 3.94. The van der Waals surface area contributed by atoms with E-state index in [2.05, 4.69) is 4.98 Å².